The minimum Gasteiger partial charge on any atom is -0.497 e. The molecule has 0 fully saturated rings. The van der Waals surface area contributed by atoms with Gasteiger partial charge in [0, 0.05) is 66.5 Å². The number of aliphatic hydroxyl groups excluding tert-OH is 1. The van der Waals surface area contributed by atoms with Crippen LogP contribution < -0.4 is 14.4 Å². The van der Waals surface area contributed by atoms with Crippen molar-refractivity contribution in [3.8, 4) is 11.5 Å². The third-order valence-electron chi connectivity index (χ3n) is 2.92. The Labute approximate surface area is 158 Å². The van der Waals surface area contributed by atoms with Gasteiger partial charge in [0.05, 0.1) is 20.3 Å². The number of hydrogen-bond donors (Lipinski definition) is 2. The standard InChI is InChI=1S/C13H21NO6S.Na.H2O/c1-4-14(8-11(15)9-21(16,17)18)10-5-12(19-2)7-13(6-10)20-3;;/h5-7,11,15H,4,8-9H2,1-3H3,(H,16,17,18);;1H2. The average molecular weight is 360 g/mol. The van der Waals surface area contributed by atoms with E-state index in [0.717, 1.165) is 5.69 Å². The number of aliphatic hydroxyl groups is 1. The fourth-order valence-electron chi connectivity index (χ4n) is 1.94. The molecule has 0 heterocycles. The van der Waals surface area contributed by atoms with Crippen molar-refractivity contribution < 1.29 is 33.0 Å². The summed E-state index contributed by atoms with van der Waals surface area (Å²) < 4.78 is 40.7. The molecule has 129 valence electrons. The number of rotatable bonds is 8. The van der Waals surface area contributed by atoms with Crippen LogP contribution in [0, 0.1) is 0 Å². The first-order chi connectivity index (χ1) is 9.78. The summed E-state index contributed by atoms with van der Waals surface area (Å²) in [4.78, 5) is 1.76. The van der Waals surface area contributed by atoms with Crippen LogP contribution in [-0.2, 0) is 10.1 Å². The molecule has 1 aromatic rings. The van der Waals surface area contributed by atoms with E-state index in [1.54, 1.807) is 23.1 Å². The third-order valence-corrected chi connectivity index (χ3v) is 3.72. The van der Waals surface area contributed by atoms with Gasteiger partial charge < -0.3 is 25.0 Å². The number of ether oxygens (including phenoxy) is 2. The van der Waals surface area contributed by atoms with E-state index < -0.39 is 22.0 Å². The summed E-state index contributed by atoms with van der Waals surface area (Å²) in [6.07, 6.45) is -1.20. The predicted octanol–water partition coefficient (Wildman–Crippen LogP) is -0.427. The molecule has 0 aromatic heterocycles. The molecule has 0 aliphatic heterocycles. The van der Waals surface area contributed by atoms with Crippen molar-refractivity contribution in [1.29, 1.82) is 0 Å². The van der Waals surface area contributed by atoms with E-state index in [1.165, 1.54) is 14.2 Å². The number of nitrogens with zero attached hydrogens (tertiary/aromatic N) is 1. The fourth-order valence-corrected chi connectivity index (χ4v) is 2.53. The minimum atomic E-state index is -4.21. The van der Waals surface area contributed by atoms with E-state index >= 15 is 0 Å². The summed E-state index contributed by atoms with van der Waals surface area (Å²) in [6.45, 7) is 2.47. The molecule has 1 atom stereocenters. The van der Waals surface area contributed by atoms with Crippen molar-refractivity contribution in [2.24, 2.45) is 0 Å². The van der Waals surface area contributed by atoms with E-state index in [1.807, 2.05) is 6.92 Å². The zero-order valence-corrected chi connectivity index (χ0v) is 16.6. The molecule has 23 heavy (non-hydrogen) atoms. The van der Waals surface area contributed by atoms with Crippen molar-refractivity contribution in [2.75, 3.05) is 38.0 Å². The first-order valence-electron chi connectivity index (χ1n) is 6.40. The van der Waals surface area contributed by atoms with Crippen molar-refractivity contribution in [3.63, 3.8) is 0 Å². The number of likely N-dealkylation sites (N-methyl/N-ethyl adjacent to an activating group) is 1. The van der Waals surface area contributed by atoms with Crippen LogP contribution >= 0.6 is 0 Å². The summed E-state index contributed by atoms with van der Waals surface area (Å²) in [5, 5.41) is 9.76. The van der Waals surface area contributed by atoms with Gasteiger partial charge >= 0.3 is 0 Å². The SMILES string of the molecule is CCN(CC(O)CS(=O)(=O)O)c1cc(OC)cc(OC)c1.O.[Na]. The Hall–Kier alpha value is -0.550. The molecular weight excluding hydrogens is 337 g/mol. The Kier molecular flexibility index (Phi) is 11.9. The third kappa shape index (κ3) is 8.75. The van der Waals surface area contributed by atoms with Gasteiger partial charge in [-0.25, -0.2) is 0 Å². The molecule has 4 N–H and O–H groups in total. The Morgan fingerprint density at radius 1 is 1.17 bits per heavy atom. The number of hydrogen-bond acceptors (Lipinski definition) is 6. The zero-order chi connectivity index (χ0) is 16.0. The maximum absolute atomic E-state index is 10.8. The Bertz CT molecular complexity index is 545. The maximum atomic E-state index is 10.8. The van der Waals surface area contributed by atoms with Crippen LogP contribution in [0.5, 0.6) is 11.5 Å². The molecule has 0 aliphatic rings. The maximum Gasteiger partial charge on any atom is 0.267 e. The van der Waals surface area contributed by atoms with Crippen molar-refractivity contribution in [2.45, 2.75) is 13.0 Å². The van der Waals surface area contributed by atoms with E-state index in [4.69, 9.17) is 14.0 Å². The Morgan fingerprint density at radius 2 is 1.65 bits per heavy atom. The Balaban J connectivity index is 0. The van der Waals surface area contributed by atoms with E-state index in [0.29, 0.717) is 18.0 Å². The molecule has 10 heteroatoms. The van der Waals surface area contributed by atoms with Crippen molar-refractivity contribution >= 4 is 45.4 Å². The molecule has 0 aliphatic carbocycles. The monoisotopic (exact) mass is 360 g/mol. The van der Waals surface area contributed by atoms with Gasteiger partial charge in [-0.05, 0) is 6.92 Å². The number of methoxy groups -OCH3 is 2. The Morgan fingerprint density at radius 3 is 2.00 bits per heavy atom. The van der Waals surface area contributed by atoms with Crippen LogP contribution in [0.25, 0.3) is 0 Å². The van der Waals surface area contributed by atoms with Gasteiger partial charge in [-0.1, -0.05) is 0 Å². The molecule has 8 nitrogen and oxygen atoms in total. The van der Waals surface area contributed by atoms with Crippen LogP contribution in [0.15, 0.2) is 18.2 Å². The second-order valence-corrected chi connectivity index (χ2v) is 6.01. The largest absolute Gasteiger partial charge is 0.497 e. The molecule has 0 spiro atoms. The molecule has 0 saturated heterocycles. The van der Waals surface area contributed by atoms with Gasteiger partial charge in [0.2, 0.25) is 0 Å². The average Bonchev–Trinajstić information content (AvgIpc) is 2.42. The van der Waals surface area contributed by atoms with Crippen LogP contribution in [0.4, 0.5) is 5.69 Å². The molecule has 1 radical (unpaired) electrons. The summed E-state index contributed by atoms with van der Waals surface area (Å²) in [7, 11) is -1.15. The summed E-state index contributed by atoms with van der Waals surface area (Å²) in [5.41, 5.74) is 0.725. The van der Waals surface area contributed by atoms with E-state index in [9.17, 15) is 13.5 Å². The summed E-state index contributed by atoms with van der Waals surface area (Å²) in [6, 6.07) is 5.23. The predicted molar refractivity (Wildman–Crippen MR) is 89.2 cm³/mol. The van der Waals surface area contributed by atoms with Gasteiger partial charge in [-0.3, -0.25) is 4.55 Å². The summed E-state index contributed by atoms with van der Waals surface area (Å²) >= 11 is 0. The molecule has 0 bridgehead atoms. The minimum absolute atomic E-state index is 0. The van der Waals surface area contributed by atoms with Crippen molar-refractivity contribution in [1.82, 2.24) is 0 Å². The normalized spacial score (nSPS) is 11.7. The van der Waals surface area contributed by atoms with Gasteiger partial charge in [0.15, 0.2) is 0 Å². The quantitative estimate of drug-likeness (QED) is 0.476. The smallest absolute Gasteiger partial charge is 0.267 e. The van der Waals surface area contributed by atoms with Crippen molar-refractivity contribution in [3.05, 3.63) is 18.2 Å². The number of benzene rings is 1. The van der Waals surface area contributed by atoms with E-state index in [2.05, 4.69) is 0 Å². The first kappa shape index (κ1) is 24.7. The van der Waals surface area contributed by atoms with Gasteiger partial charge in [0.25, 0.3) is 10.1 Å². The van der Waals surface area contributed by atoms with E-state index in [-0.39, 0.29) is 41.6 Å². The molecule has 1 rings (SSSR count). The topological polar surface area (TPSA) is 128 Å². The zero-order valence-electron chi connectivity index (χ0n) is 13.8. The molecule has 1 aromatic carbocycles. The first-order valence-corrected chi connectivity index (χ1v) is 8.01. The van der Waals surface area contributed by atoms with Crippen LogP contribution in [0.2, 0.25) is 0 Å². The number of anilines is 1. The van der Waals surface area contributed by atoms with Gasteiger partial charge in [-0.15, -0.1) is 0 Å². The fraction of sp³-hybridized carbons (Fsp3) is 0.538. The van der Waals surface area contributed by atoms with Crippen LogP contribution in [0.1, 0.15) is 6.92 Å². The molecular formula is C13H23NNaO7S. The van der Waals surface area contributed by atoms with Crippen LogP contribution in [0.3, 0.4) is 0 Å². The molecule has 0 amide bonds. The summed E-state index contributed by atoms with van der Waals surface area (Å²) in [5.74, 6) is 0.476. The second kappa shape index (κ2) is 11.1. The molecule has 1 unspecified atom stereocenters. The molecule has 0 saturated carbocycles. The van der Waals surface area contributed by atoms with Gasteiger partial charge in [0.1, 0.15) is 17.3 Å². The van der Waals surface area contributed by atoms with Crippen LogP contribution in [-0.4, -0.2) is 92.3 Å². The second-order valence-electron chi connectivity index (χ2n) is 4.51. The van der Waals surface area contributed by atoms with Gasteiger partial charge in [-0.2, -0.15) is 8.42 Å².